The van der Waals surface area contributed by atoms with Gasteiger partial charge in [-0.3, -0.25) is 0 Å². The van der Waals surface area contributed by atoms with Crippen LogP contribution in [-0.4, -0.2) is 20.3 Å². The average molecular weight is 224 g/mol. The lowest BCUT2D eigenvalue weighted by Gasteiger charge is -2.10. The minimum Gasteiger partial charge on any atom is -0.384 e. The van der Waals surface area contributed by atoms with Crippen LogP contribution in [-0.2, 0) is 11.3 Å². The minimum atomic E-state index is 0.519. The van der Waals surface area contributed by atoms with Crippen LogP contribution in [0.2, 0.25) is 0 Å². The Labute approximate surface area is 94.7 Å². The highest BCUT2D eigenvalue weighted by molar-refractivity contribution is 7.12. The van der Waals surface area contributed by atoms with Crippen molar-refractivity contribution in [1.29, 1.82) is 5.26 Å². The van der Waals surface area contributed by atoms with E-state index in [2.05, 4.69) is 18.3 Å². The van der Waals surface area contributed by atoms with Gasteiger partial charge in [0.1, 0.15) is 10.9 Å². The van der Waals surface area contributed by atoms with Crippen LogP contribution in [0, 0.1) is 17.2 Å². The van der Waals surface area contributed by atoms with Crippen LogP contribution >= 0.6 is 11.3 Å². The molecule has 0 aromatic carbocycles. The first-order valence-corrected chi connectivity index (χ1v) is 5.76. The predicted molar refractivity (Wildman–Crippen MR) is 61.8 cm³/mol. The fourth-order valence-corrected chi connectivity index (χ4v) is 2.09. The highest BCUT2D eigenvalue weighted by Crippen LogP contribution is 2.14. The van der Waals surface area contributed by atoms with Gasteiger partial charge in [-0.2, -0.15) is 5.26 Å². The molecule has 1 atom stereocenters. The van der Waals surface area contributed by atoms with Crippen molar-refractivity contribution >= 4 is 11.3 Å². The van der Waals surface area contributed by atoms with E-state index in [1.807, 2.05) is 12.1 Å². The van der Waals surface area contributed by atoms with Gasteiger partial charge in [-0.1, -0.05) is 6.92 Å². The summed E-state index contributed by atoms with van der Waals surface area (Å²) in [5.41, 5.74) is 0. The van der Waals surface area contributed by atoms with E-state index in [1.54, 1.807) is 18.4 Å². The van der Waals surface area contributed by atoms with Gasteiger partial charge >= 0.3 is 0 Å². The van der Waals surface area contributed by atoms with Crippen molar-refractivity contribution in [3.8, 4) is 6.07 Å². The highest BCUT2D eigenvalue weighted by atomic mass is 32.1. The number of hydrogen-bond acceptors (Lipinski definition) is 4. The summed E-state index contributed by atoms with van der Waals surface area (Å²) in [6.45, 7) is 4.69. The lowest BCUT2D eigenvalue weighted by atomic mass is 10.2. The number of nitrogens with one attached hydrogen (secondary N) is 1. The Bertz CT molecular complexity index is 330. The van der Waals surface area contributed by atoms with Crippen molar-refractivity contribution < 1.29 is 4.74 Å². The SMILES string of the molecule is COCC(C)CNCc1ccc(C#N)s1. The van der Waals surface area contributed by atoms with Crippen LogP contribution < -0.4 is 5.32 Å². The van der Waals surface area contributed by atoms with Crippen LogP contribution in [0.1, 0.15) is 16.7 Å². The Morgan fingerprint density at radius 2 is 2.40 bits per heavy atom. The van der Waals surface area contributed by atoms with Gasteiger partial charge in [-0.15, -0.1) is 11.3 Å². The summed E-state index contributed by atoms with van der Waals surface area (Å²) in [4.78, 5) is 1.98. The normalized spacial score (nSPS) is 12.3. The smallest absolute Gasteiger partial charge is 0.110 e. The van der Waals surface area contributed by atoms with Gasteiger partial charge in [-0.05, 0) is 18.1 Å². The van der Waals surface area contributed by atoms with Crippen molar-refractivity contribution in [2.24, 2.45) is 5.92 Å². The van der Waals surface area contributed by atoms with E-state index in [4.69, 9.17) is 10.00 Å². The molecular weight excluding hydrogens is 208 g/mol. The summed E-state index contributed by atoms with van der Waals surface area (Å²) in [7, 11) is 1.72. The molecule has 0 amide bonds. The van der Waals surface area contributed by atoms with Gasteiger partial charge in [0, 0.05) is 31.7 Å². The third-order valence-electron chi connectivity index (χ3n) is 2.02. The van der Waals surface area contributed by atoms with Crippen molar-refractivity contribution in [3.05, 3.63) is 21.9 Å². The first-order chi connectivity index (χ1) is 7.26. The van der Waals surface area contributed by atoms with E-state index < -0.39 is 0 Å². The molecule has 1 aromatic rings. The van der Waals surface area contributed by atoms with Gasteiger partial charge in [0.2, 0.25) is 0 Å². The maximum absolute atomic E-state index is 8.66. The number of rotatable bonds is 6. The molecule has 0 aliphatic heterocycles. The van der Waals surface area contributed by atoms with Crippen molar-refractivity contribution in [2.75, 3.05) is 20.3 Å². The fourth-order valence-electron chi connectivity index (χ4n) is 1.32. The molecule has 0 saturated heterocycles. The Morgan fingerprint density at radius 3 is 3.00 bits per heavy atom. The van der Waals surface area contributed by atoms with Gasteiger partial charge in [0.15, 0.2) is 0 Å². The molecule has 1 heterocycles. The summed E-state index contributed by atoms with van der Waals surface area (Å²) in [5, 5.41) is 12.0. The topological polar surface area (TPSA) is 45.0 Å². The van der Waals surface area contributed by atoms with Gasteiger partial charge in [0.05, 0.1) is 0 Å². The largest absolute Gasteiger partial charge is 0.384 e. The fraction of sp³-hybridized carbons (Fsp3) is 0.545. The predicted octanol–water partition coefficient (Wildman–Crippen LogP) is 1.99. The summed E-state index contributed by atoms with van der Waals surface area (Å²) in [6.07, 6.45) is 0. The number of hydrogen-bond donors (Lipinski definition) is 1. The Kier molecular flexibility index (Phi) is 5.33. The average Bonchev–Trinajstić information content (AvgIpc) is 2.66. The molecule has 82 valence electrons. The molecule has 1 rings (SSSR count). The molecule has 0 spiro atoms. The van der Waals surface area contributed by atoms with Crippen LogP contribution in [0.4, 0.5) is 0 Å². The number of nitrogens with zero attached hydrogens (tertiary/aromatic N) is 1. The number of thiophene rings is 1. The molecule has 1 N–H and O–H groups in total. The summed E-state index contributed by atoms with van der Waals surface area (Å²) >= 11 is 1.54. The molecule has 1 aromatic heterocycles. The van der Waals surface area contributed by atoms with E-state index in [-0.39, 0.29) is 0 Å². The third-order valence-corrected chi connectivity index (χ3v) is 3.00. The second-order valence-corrected chi connectivity index (χ2v) is 4.74. The Balaban J connectivity index is 2.23. The van der Waals surface area contributed by atoms with Crippen molar-refractivity contribution in [1.82, 2.24) is 5.32 Å². The van der Waals surface area contributed by atoms with Crippen LogP contribution in [0.25, 0.3) is 0 Å². The quantitative estimate of drug-likeness (QED) is 0.803. The molecule has 1 unspecified atom stereocenters. The second kappa shape index (κ2) is 6.57. The summed E-state index contributed by atoms with van der Waals surface area (Å²) in [5.74, 6) is 0.519. The van der Waals surface area contributed by atoms with E-state index in [9.17, 15) is 0 Å². The lowest BCUT2D eigenvalue weighted by Crippen LogP contribution is -2.22. The lowest BCUT2D eigenvalue weighted by molar-refractivity contribution is 0.158. The van der Waals surface area contributed by atoms with Gasteiger partial charge in [0.25, 0.3) is 0 Å². The molecule has 0 radical (unpaired) electrons. The molecule has 0 aliphatic rings. The van der Waals surface area contributed by atoms with Crippen molar-refractivity contribution in [2.45, 2.75) is 13.5 Å². The van der Waals surface area contributed by atoms with E-state index in [1.165, 1.54) is 4.88 Å². The zero-order valence-corrected chi connectivity index (χ0v) is 9.93. The Hall–Kier alpha value is -0.890. The monoisotopic (exact) mass is 224 g/mol. The van der Waals surface area contributed by atoms with Crippen LogP contribution in [0.3, 0.4) is 0 Å². The second-order valence-electron chi connectivity index (χ2n) is 3.57. The van der Waals surface area contributed by atoms with Crippen LogP contribution in [0.5, 0.6) is 0 Å². The zero-order valence-electron chi connectivity index (χ0n) is 9.12. The maximum Gasteiger partial charge on any atom is 0.110 e. The molecule has 3 nitrogen and oxygen atoms in total. The van der Waals surface area contributed by atoms with E-state index >= 15 is 0 Å². The number of nitriles is 1. The maximum atomic E-state index is 8.66. The molecule has 0 bridgehead atoms. The van der Waals surface area contributed by atoms with Crippen LogP contribution in [0.15, 0.2) is 12.1 Å². The zero-order chi connectivity index (χ0) is 11.1. The van der Waals surface area contributed by atoms with E-state index in [0.717, 1.165) is 24.6 Å². The van der Waals surface area contributed by atoms with Gasteiger partial charge in [-0.25, -0.2) is 0 Å². The molecule has 0 aliphatic carbocycles. The summed E-state index contributed by atoms with van der Waals surface area (Å²) in [6, 6.07) is 6.00. The standard InChI is InChI=1S/C11H16N2OS/c1-9(8-14-2)6-13-7-11-4-3-10(5-12)15-11/h3-4,9,13H,6-8H2,1-2H3. The molecule has 0 fully saturated rings. The number of ether oxygens (including phenoxy) is 1. The van der Waals surface area contributed by atoms with Gasteiger partial charge < -0.3 is 10.1 Å². The molecule has 0 saturated carbocycles. The minimum absolute atomic E-state index is 0.519. The third kappa shape index (κ3) is 4.43. The molecule has 15 heavy (non-hydrogen) atoms. The number of methoxy groups -OCH3 is 1. The first kappa shape index (κ1) is 12.2. The highest BCUT2D eigenvalue weighted by Gasteiger charge is 2.02. The van der Waals surface area contributed by atoms with E-state index in [0.29, 0.717) is 5.92 Å². The molecule has 4 heteroatoms. The molecular formula is C11H16N2OS. The Morgan fingerprint density at radius 1 is 1.60 bits per heavy atom. The van der Waals surface area contributed by atoms with Crippen molar-refractivity contribution in [3.63, 3.8) is 0 Å². The first-order valence-electron chi connectivity index (χ1n) is 4.94. The summed E-state index contributed by atoms with van der Waals surface area (Å²) < 4.78 is 5.05.